The van der Waals surface area contributed by atoms with Crippen molar-refractivity contribution in [2.75, 3.05) is 13.1 Å². The van der Waals surface area contributed by atoms with Crippen LogP contribution in [0, 0.1) is 0 Å². The number of pyridine rings is 1. The number of aromatic amines is 1. The number of hydrogen-bond donors (Lipinski definition) is 4. The smallest absolute Gasteiger partial charge is 0.475 e. The molecule has 0 spiro atoms. The molecule has 20 heteroatoms. The van der Waals surface area contributed by atoms with Crippen LogP contribution in [0.25, 0.3) is 45.0 Å². The maximum Gasteiger partial charge on any atom is 0.490 e. The number of aliphatic hydroxyl groups is 1. The third-order valence-corrected chi connectivity index (χ3v) is 8.11. The lowest BCUT2D eigenvalue weighted by Gasteiger charge is -2.16. The van der Waals surface area contributed by atoms with Crippen molar-refractivity contribution >= 4 is 44.1 Å². The van der Waals surface area contributed by atoms with Gasteiger partial charge in [0.05, 0.1) is 17.1 Å². The van der Waals surface area contributed by atoms with Crippen molar-refractivity contribution in [1.82, 2.24) is 24.2 Å². The molecule has 3 aromatic heterocycles. The average molecular weight is 690 g/mol. The molecule has 0 bridgehead atoms. The lowest BCUT2D eigenvalue weighted by atomic mass is 10.1. The first-order chi connectivity index (χ1) is 21.9. The number of β-amino-alcohol motifs (C(OH)–C–C–N with tert-alkyl or cyclic N) is 1. The minimum atomic E-state index is -5.08. The Morgan fingerprint density at radius 3 is 2.11 bits per heavy atom. The summed E-state index contributed by atoms with van der Waals surface area (Å²) >= 11 is 0. The number of oxazole rings is 1. The number of aromatic nitrogens is 4. The maximum absolute atomic E-state index is 12.9. The first kappa shape index (κ1) is 34.8. The molecule has 2 aromatic carbocycles. The number of rotatable bonds is 4. The van der Waals surface area contributed by atoms with Gasteiger partial charge >= 0.3 is 24.3 Å². The summed E-state index contributed by atoms with van der Waals surface area (Å²) in [4.78, 5) is 34.3. The van der Waals surface area contributed by atoms with Gasteiger partial charge in [-0.3, -0.25) is 4.98 Å². The van der Waals surface area contributed by atoms with Gasteiger partial charge in [-0.1, -0.05) is 18.2 Å². The molecular formula is C27H21F6N5O8S. The summed E-state index contributed by atoms with van der Waals surface area (Å²) in [5.41, 5.74) is 4.33. The molecule has 1 unspecified atom stereocenters. The van der Waals surface area contributed by atoms with Gasteiger partial charge in [-0.05, 0) is 42.3 Å². The van der Waals surface area contributed by atoms with E-state index < -0.39 is 40.4 Å². The second-order valence-electron chi connectivity index (χ2n) is 9.62. The minimum absolute atomic E-state index is 0.0923. The summed E-state index contributed by atoms with van der Waals surface area (Å²) in [6.45, 7) is 0.392. The summed E-state index contributed by atoms with van der Waals surface area (Å²) in [6.07, 6.45) is -7.43. The Morgan fingerprint density at radius 1 is 0.894 bits per heavy atom. The number of hydrogen-bond acceptors (Lipinski definition) is 9. The number of nitrogens with one attached hydrogen (secondary N) is 1. The van der Waals surface area contributed by atoms with Crippen molar-refractivity contribution in [1.29, 1.82) is 0 Å². The highest BCUT2D eigenvalue weighted by Crippen LogP contribution is 2.30. The number of imidazole rings is 1. The highest BCUT2D eigenvalue weighted by Gasteiger charge is 2.39. The van der Waals surface area contributed by atoms with Crippen LogP contribution in [0.3, 0.4) is 0 Å². The third-order valence-electron chi connectivity index (χ3n) is 6.28. The van der Waals surface area contributed by atoms with Crippen molar-refractivity contribution in [3.05, 3.63) is 60.9 Å². The van der Waals surface area contributed by atoms with Crippen LogP contribution in [-0.2, 0) is 19.6 Å². The summed E-state index contributed by atoms with van der Waals surface area (Å²) in [7, 11) is -3.73. The van der Waals surface area contributed by atoms with E-state index >= 15 is 0 Å². The fourth-order valence-corrected chi connectivity index (χ4v) is 5.54. The molecule has 250 valence electrons. The zero-order valence-electron chi connectivity index (χ0n) is 23.3. The largest absolute Gasteiger partial charge is 0.490 e. The third kappa shape index (κ3) is 8.40. The second kappa shape index (κ2) is 13.3. The van der Waals surface area contributed by atoms with Crippen LogP contribution >= 0.6 is 0 Å². The Kier molecular flexibility index (Phi) is 9.87. The standard InChI is InChI=1S/C23H19N5O4S.2C2HF3O2/c29-16-7-8-28(13-16)33(30,31)17-9-15(11-24-12-17)14-5-6-20-21(10-14)32-23(27-20)22-25-18-3-1-2-4-19(18)26-22;2*3-2(4,5)1(6)7/h1-6,9-12,16,29H,7-8,13H2,(H,25,26);2*(H,6,7). The number of halogens is 6. The van der Waals surface area contributed by atoms with E-state index in [2.05, 4.69) is 19.9 Å². The van der Waals surface area contributed by atoms with Crippen LogP contribution < -0.4 is 0 Å². The Morgan fingerprint density at radius 2 is 1.53 bits per heavy atom. The maximum atomic E-state index is 12.9. The van der Waals surface area contributed by atoms with Gasteiger partial charge in [0, 0.05) is 31.0 Å². The Labute approximate surface area is 259 Å². The van der Waals surface area contributed by atoms with Gasteiger partial charge in [-0.15, -0.1) is 0 Å². The number of alkyl halides is 6. The van der Waals surface area contributed by atoms with Gasteiger partial charge in [0.2, 0.25) is 10.0 Å². The van der Waals surface area contributed by atoms with E-state index in [0.29, 0.717) is 41.3 Å². The van der Waals surface area contributed by atoms with Crippen molar-refractivity contribution < 1.29 is 64.1 Å². The molecule has 5 aromatic rings. The monoisotopic (exact) mass is 689 g/mol. The van der Waals surface area contributed by atoms with Gasteiger partial charge < -0.3 is 24.7 Å². The van der Waals surface area contributed by atoms with E-state index in [1.165, 1.54) is 10.5 Å². The van der Waals surface area contributed by atoms with Crippen LogP contribution in [0.5, 0.6) is 0 Å². The predicted molar refractivity (Wildman–Crippen MR) is 149 cm³/mol. The highest BCUT2D eigenvalue weighted by molar-refractivity contribution is 7.89. The van der Waals surface area contributed by atoms with E-state index in [1.807, 2.05) is 42.5 Å². The van der Waals surface area contributed by atoms with Crippen LogP contribution in [0.1, 0.15) is 6.42 Å². The lowest BCUT2D eigenvalue weighted by molar-refractivity contribution is -0.193. The van der Waals surface area contributed by atoms with E-state index in [-0.39, 0.29) is 11.4 Å². The number of carbonyl (C=O) groups is 2. The molecule has 0 amide bonds. The molecule has 6 rings (SSSR count). The van der Waals surface area contributed by atoms with Crippen molar-refractivity contribution in [3.8, 4) is 22.8 Å². The normalized spacial score (nSPS) is 15.5. The molecule has 1 aliphatic rings. The van der Waals surface area contributed by atoms with Crippen molar-refractivity contribution in [3.63, 3.8) is 0 Å². The van der Waals surface area contributed by atoms with Gasteiger partial charge in [-0.25, -0.2) is 28.0 Å². The number of benzene rings is 2. The number of carboxylic acids is 2. The minimum Gasteiger partial charge on any atom is -0.475 e. The zero-order valence-corrected chi connectivity index (χ0v) is 24.1. The number of fused-ring (bicyclic) bond motifs is 2. The molecule has 4 heterocycles. The fourth-order valence-electron chi connectivity index (χ4n) is 4.06. The van der Waals surface area contributed by atoms with Crippen LogP contribution in [0.15, 0.2) is 70.2 Å². The molecule has 1 atom stereocenters. The van der Waals surface area contributed by atoms with Crippen molar-refractivity contribution in [2.24, 2.45) is 0 Å². The first-order valence-corrected chi connectivity index (χ1v) is 14.4. The molecule has 47 heavy (non-hydrogen) atoms. The number of carboxylic acid groups (broad SMARTS) is 2. The Hall–Kier alpha value is -5.08. The number of sulfonamides is 1. The Bertz CT molecular complexity index is 1970. The fraction of sp³-hybridized carbons (Fsp3) is 0.222. The summed E-state index contributed by atoms with van der Waals surface area (Å²) in [5.74, 6) is -4.60. The quantitative estimate of drug-likeness (QED) is 0.194. The van der Waals surface area contributed by atoms with Gasteiger partial charge in [0.1, 0.15) is 10.4 Å². The number of para-hydroxylation sites is 2. The molecule has 4 N–H and O–H groups in total. The average Bonchev–Trinajstić information content (AvgIpc) is 3.74. The number of H-pyrrole nitrogens is 1. The molecule has 1 saturated heterocycles. The molecular weight excluding hydrogens is 668 g/mol. The van der Waals surface area contributed by atoms with E-state index in [0.717, 1.165) is 16.6 Å². The lowest BCUT2D eigenvalue weighted by Crippen LogP contribution is -2.29. The number of aliphatic hydroxyl groups excluding tert-OH is 1. The molecule has 0 aliphatic carbocycles. The van der Waals surface area contributed by atoms with E-state index in [9.17, 15) is 39.9 Å². The molecule has 0 saturated carbocycles. The summed E-state index contributed by atoms with van der Waals surface area (Å²) in [5, 5.41) is 24.0. The van der Waals surface area contributed by atoms with Gasteiger partial charge in [-0.2, -0.15) is 30.6 Å². The van der Waals surface area contributed by atoms with Crippen molar-refractivity contribution in [2.45, 2.75) is 29.8 Å². The van der Waals surface area contributed by atoms with Crippen LogP contribution in [0.2, 0.25) is 0 Å². The van der Waals surface area contributed by atoms with Crippen LogP contribution in [0.4, 0.5) is 26.3 Å². The molecule has 13 nitrogen and oxygen atoms in total. The molecule has 1 fully saturated rings. The van der Waals surface area contributed by atoms with Crippen LogP contribution in [-0.4, -0.2) is 91.5 Å². The topological polar surface area (TPSA) is 200 Å². The summed E-state index contributed by atoms with van der Waals surface area (Å²) < 4.78 is 96.6. The second-order valence-corrected chi connectivity index (χ2v) is 11.6. The zero-order chi connectivity index (χ0) is 34.7. The number of aliphatic carboxylic acids is 2. The van der Waals surface area contributed by atoms with E-state index in [4.69, 9.17) is 24.2 Å². The van der Waals surface area contributed by atoms with E-state index in [1.54, 1.807) is 12.3 Å². The Balaban J connectivity index is 0.000000301. The summed E-state index contributed by atoms with van der Waals surface area (Å²) in [6, 6.07) is 14.7. The SMILES string of the molecule is O=C(O)C(F)(F)F.O=C(O)C(F)(F)F.O=S(=O)(c1cncc(-c2ccc3nc(-c4nc5ccccc5[nH]4)oc3c2)c1)N1CCC(O)C1. The first-order valence-electron chi connectivity index (χ1n) is 13.0. The number of nitrogens with zero attached hydrogens (tertiary/aromatic N) is 4. The highest BCUT2D eigenvalue weighted by atomic mass is 32.2. The molecule has 1 aliphatic heterocycles. The van der Waals surface area contributed by atoms with Gasteiger partial charge in [0.25, 0.3) is 5.89 Å². The molecule has 0 radical (unpaired) electrons. The van der Waals surface area contributed by atoms with Gasteiger partial charge in [0.15, 0.2) is 11.4 Å². The predicted octanol–water partition coefficient (Wildman–Crippen LogP) is 4.46.